The summed E-state index contributed by atoms with van der Waals surface area (Å²) in [7, 11) is 3.28. The normalized spacial score (nSPS) is 9.73. The predicted molar refractivity (Wildman–Crippen MR) is 41.7 cm³/mol. The average Bonchev–Trinajstić information content (AvgIpc) is 2.33. The lowest BCUT2D eigenvalue weighted by atomic mass is 10.4. The third-order valence-corrected chi connectivity index (χ3v) is 1.52. The van der Waals surface area contributed by atoms with Crippen LogP contribution in [0, 0.1) is 0 Å². The van der Waals surface area contributed by atoms with Crippen LogP contribution < -0.4 is 0 Å². The fourth-order valence-electron chi connectivity index (χ4n) is 0.649. The van der Waals surface area contributed by atoms with Gasteiger partial charge in [-0.2, -0.15) is 0 Å². The lowest BCUT2D eigenvalue weighted by Gasteiger charge is -2.06. The van der Waals surface area contributed by atoms with Crippen LogP contribution in [0.1, 0.15) is 10.6 Å². The number of amides is 1. The first-order valence-corrected chi connectivity index (χ1v) is 3.45. The minimum absolute atomic E-state index is 0.191. The van der Waals surface area contributed by atoms with Gasteiger partial charge in [0.15, 0.2) is 0 Å². The third kappa shape index (κ3) is 1.54. The molecule has 60 valence electrons. The van der Waals surface area contributed by atoms with Gasteiger partial charge in [0.2, 0.25) is 5.76 Å². The number of hydrogen-bond donors (Lipinski definition) is 0. The van der Waals surface area contributed by atoms with Crippen molar-refractivity contribution in [1.82, 2.24) is 4.90 Å². The van der Waals surface area contributed by atoms with Gasteiger partial charge in [0.25, 0.3) is 5.91 Å². The molecule has 1 aromatic heterocycles. The number of nitrogens with zero attached hydrogens (tertiary/aromatic N) is 1. The summed E-state index contributed by atoms with van der Waals surface area (Å²) in [4.78, 5) is 12.6. The van der Waals surface area contributed by atoms with E-state index in [1.54, 1.807) is 14.1 Å². The van der Waals surface area contributed by atoms with Crippen LogP contribution in [0.25, 0.3) is 0 Å². The number of carbonyl (C=O) groups is 1. The van der Waals surface area contributed by atoms with Crippen LogP contribution in [0.3, 0.4) is 0 Å². The molecule has 1 aromatic rings. The molecule has 0 N–H and O–H groups in total. The van der Waals surface area contributed by atoms with Gasteiger partial charge in [-0.1, -0.05) is 11.6 Å². The van der Waals surface area contributed by atoms with E-state index in [4.69, 9.17) is 16.0 Å². The van der Waals surface area contributed by atoms with E-state index in [2.05, 4.69) is 0 Å². The monoisotopic (exact) mass is 173 g/mol. The zero-order chi connectivity index (χ0) is 8.43. The SMILES string of the molecule is CN(C)C(=O)c1occc1Cl. The van der Waals surface area contributed by atoms with Crippen molar-refractivity contribution in [3.05, 3.63) is 23.1 Å². The Morgan fingerprint density at radius 2 is 2.27 bits per heavy atom. The standard InChI is InChI=1S/C7H8ClNO2/c1-9(2)7(10)6-5(8)3-4-11-6/h3-4H,1-2H3. The average molecular weight is 174 g/mol. The maximum absolute atomic E-state index is 11.2. The van der Waals surface area contributed by atoms with E-state index >= 15 is 0 Å². The Balaban J connectivity index is 2.93. The fraction of sp³-hybridized carbons (Fsp3) is 0.286. The molecule has 0 fully saturated rings. The Labute approximate surface area is 69.5 Å². The van der Waals surface area contributed by atoms with Crippen molar-refractivity contribution in [1.29, 1.82) is 0 Å². The zero-order valence-corrected chi connectivity index (χ0v) is 7.05. The van der Waals surface area contributed by atoms with Gasteiger partial charge in [0.05, 0.1) is 11.3 Å². The van der Waals surface area contributed by atoms with E-state index in [9.17, 15) is 4.79 Å². The van der Waals surface area contributed by atoms with Gasteiger partial charge in [-0.3, -0.25) is 4.79 Å². The second-order valence-electron chi connectivity index (χ2n) is 2.30. The van der Waals surface area contributed by atoms with Gasteiger partial charge in [-0.05, 0) is 6.07 Å². The van der Waals surface area contributed by atoms with Gasteiger partial charge in [0, 0.05) is 14.1 Å². The zero-order valence-electron chi connectivity index (χ0n) is 6.30. The summed E-state index contributed by atoms with van der Waals surface area (Å²) < 4.78 is 4.86. The molecule has 0 saturated heterocycles. The molecular weight excluding hydrogens is 166 g/mol. The van der Waals surface area contributed by atoms with E-state index in [1.165, 1.54) is 17.2 Å². The number of halogens is 1. The third-order valence-electron chi connectivity index (χ3n) is 1.22. The first-order chi connectivity index (χ1) is 5.13. The van der Waals surface area contributed by atoms with Crippen LogP contribution in [0.15, 0.2) is 16.7 Å². The van der Waals surface area contributed by atoms with Crippen molar-refractivity contribution in [2.75, 3.05) is 14.1 Å². The van der Waals surface area contributed by atoms with E-state index in [0.717, 1.165) is 0 Å². The predicted octanol–water partition coefficient (Wildman–Crippen LogP) is 1.63. The molecule has 0 saturated carbocycles. The van der Waals surface area contributed by atoms with Gasteiger partial charge >= 0.3 is 0 Å². The fourth-order valence-corrected chi connectivity index (χ4v) is 0.826. The summed E-state index contributed by atoms with van der Waals surface area (Å²) >= 11 is 5.64. The summed E-state index contributed by atoms with van der Waals surface area (Å²) in [5, 5.41) is 0.351. The first-order valence-electron chi connectivity index (χ1n) is 3.07. The van der Waals surface area contributed by atoms with Crippen molar-refractivity contribution >= 4 is 17.5 Å². The summed E-state index contributed by atoms with van der Waals surface area (Å²) in [6, 6.07) is 1.54. The summed E-state index contributed by atoms with van der Waals surface area (Å²) in [5.41, 5.74) is 0. The molecule has 3 nitrogen and oxygen atoms in total. The van der Waals surface area contributed by atoms with Crippen LogP contribution >= 0.6 is 11.6 Å². The molecule has 0 aliphatic carbocycles. The van der Waals surface area contributed by atoms with E-state index < -0.39 is 0 Å². The van der Waals surface area contributed by atoms with Crippen LogP contribution in [0.2, 0.25) is 5.02 Å². The van der Waals surface area contributed by atoms with Crippen molar-refractivity contribution in [2.24, 2.45) is 0 Å². The Morgan fingerprint density at radius 1 is 1.64 bits per heavy atom. The Bertz CT molecular complexity index is 267. The number of furan rings is 1. The molecule has 4 heteroatoms. The van der Waals surface area contributed by atoms with Crippen molar-refractivity contribution in [3.63, 3.8) is 0 Å². The van der Waals surface area contributed by atoms with Crippen molar-refractivity contribution < 1.29 is 9.21 Å². The molecule has 0 unspecified atom stereocenters. The summed E-state index contributed by atoms with van der Waals surface area (Å²) in [5.74, 6) is -0.0309. The second kappa shape index (κ2) is 2.96. The molecule has 0 radical (unpaired) electrons. The lowest BCUT2D eigenvalue weighted by Crippen LogP contribution is -2.21. The molecule has 1 rings (SSSR count). The highest BCUT2D eigenvalue weighted by molar-refractivity contribution is 6.33. The number of carbonyl (C=O) groups excluding carboxylic acids is 1. The van der Waals surface area contributed by atoms with E-state index in [-0.39, 0.29) is 11.7 Å². The van der Waals surface area contributed by atoms with Crippen LogP contribution in [-0.4, -0.2) is 24.9 Å². The first kappa shape index (κ1) is 8.14. The molecule has 0 aromatic carbocycles. The molecule has 0 spiro atoms. The highest BCUT2D eigenvalue weighted by Gasteiger charge is 2.14. The van der Waals surface area contributed by atoms with Crippen LogP contribution in [0.4, 0.5) is 0 Å². The maximum atomic E-state index is 11.2. The smallest absolute Gasteiger partial charge is 0.290 e. The summed E-state index contributed by atoms with van der Waals surface area (Å²) in [6.45, 7) is 0. The van der Waals surface area contributed by atoms with E-state index in [0.29, 0.717) is 5.02 Å². The largest absolute Gasteiger partial charge is 0.458 e. The minimum Gasteiger partial charge on any atom is -0.458 e. The van der Waals surface area contributed by atoms with Gasteiger partial charge < -0.3 is 9.32 Å². The summed E-state index contributed by atoms with van der Waals surface area (Å²) in [6.07, 6.45) is 1.39. The molecule has 1 amide bonds. The quantitative estimate of drug-likeness (QED) is 0.647. The number of hydrogen-bond acceptors (Lipinski definition) is 2. The molecule has 11 heavy (non-hydrogen) atoms. The number of rotatable bonds is 1. The second-order valence-corrected chi connectivity index (χ2v) is 2.70. The highest BCUT2D eigenvalue weighted by atomic mass is 35.5. The van der Waals surface area contributed by atoms with E-state index in [1.807, 2.05) is 0 Å². The molecule has 1 heterocycles. The van der Waals surface area contributed by atoms with Crippen LogP contribution in [-0.2, 0) is 0 Å². The maximum Gasteiger partial charge on any atom is 0.290 e. The molecule has 0 aliphatic heterocycles. The molecule has 0 aliphatic rings. The Hall–Kier alpha value is -0.960. The van der Waals surface area contributed by atoms with Gasteiger partial charge in [-0.15, -0.1) is 0 Å². The topological polar surface area (TPSA) is 33.5 Å². The Morgan fingerprint density at radius 3 is 2.64 bits per heavy atom. The van der Waals surface area contributed by atoms with Crippen LogP contribution in [0.5, 0.6) is 0 Å². The van der Waals surface area contributed by atoms with Gasteiger partial charge in [0.1, 0.15) is 0 Å². The Kier molecular flexibility index (Phi) is 2.19. The molecular formula is C7H8ClNO2. The molecule has 0 atom stereocenters. The van der Waals surface area contributed by atoms with Gasteiger partial charge in [-0.25, -0.2) is 0 Å². The van der Waals surface area contributed by atoms with Crippen molar-refractivity contribution in [3.8, 4) is 0 Å². The minimum atomic E-state index is -0.222. The van der Waals surface area contributed by atoms with Crippen molar-refractivity contribution in [2.45, 2.75) is 0 Å². The lowest BCUT2D eigenvalue weighted by molar-refractivity contribution is 0.0797. The molecule has 0 bridgehead atoms. The highest BCUT2D eigenvalue weighted by Crippen LogP contribution is 2.17.